The Balaban J connectivity index is 1.72. The molecule has 0 spiro atoms. The average molecular weight is 537 g/mol. The maximum atomic E-state index is 13.7. The number of rotatable bonds is 5. The molecule has 0 saturated heterocycles. The van der Waals surface area contributed by atoms with Crippen molar-refractivity contribution in [2.24, 2.45) is 11.8 Å². The standard InChI is InChI=1S/C29H28O10/c1-12(30)21-19(32)11-14-9-13-10-17-15(16-6-8-20(37-2)26(39-4)25(16)38-3)5-7-18(31)23(17)24(33)22(13)28(35)29(14,36)27(21)34/h5-8,13-14,31,33-34,36H,9-11H2,1-4H3/t13-,14+,29-/m0/s1. The number of allylic oxidation sites excluding steroid dienone is 1. The van der Waals surface area contributed by atoms with Crippen LogP contribution in [0.15, 0.2) is 41.2 Å². The molecular weight excluding hydrogens is 508 g/mol. The number of ether oxygens (including phenoxy) is 3. The molecule has 10 nitrogen and oxygen atoms in total. The van der Waals surface area contributed by atoms with E-state index in [1.807, 2.05) is 0 Å². The molecule has 3 aliphatic rings. The number of methoxy groups -OCH3 is 3. The smallest absolute Gasteiger partial charge is 0.203 e. The Kier molecular flexibility index (Phi) is 6.18. The fraction of sp³-hybridized carbons (Fsp3) is 0.345. The average Bonchev–Trinajstić information content (AvgIpc) is 2.89. The summed E-state index contributed by atoms with van der Waals surface area (Å²) in [6, 6.07) is 6.48. The minimum absolute atomic E-state index is 0.00753. The summed E-state index contributed by atoms with van der Waals surface area (Å²) in [6.07, 6.45) is -0.0677. The summed E-state index contributed by atoms with van der Waals surface area (Å²) >= 11 is 0. The van der Waals surface area contributed by atoms with Gasteiger partial charge in [0.25, 0.3) is 0 Å². The zero-order valence-electron chi connectivity index (χ0n) is 21.8. The lowest BCUT2D eigenvalue weighted by atomic mass is 9.59. The Morgan fingerprint density at radius 1 is 0.923 bits per heavy atom. The number of carbonyl (C=O) groups excluding carboxylic acids is 3. The van der Waals surface area contributed by atoms with Gasteiger partial charge in [0.1, 0.15) is 22.8 Å². The van der Waals surface area contributed by atoms with Crippen molar-refractivity contribution in [3.05, 3.63) is 52.3 Å². The number of carbonyl (C=O) groups is 3. The molecule has 204 valence electrons. The number of hydrogen-bond donors (Lipinski definition) is 4. The first kappa shape index (κ1) is 26.3. The number of ketones is 3. The first-order valence-corrected chi connectivity index (χ1v) is 12.3. The van der Waals surface area contributed by atoms with Gasteiger partial charge in [-0.25, -0.2) is 0 Å². The van der Waals surface area contributed by atoms with E-state index >= 15 is 0 Å². The summed E-state index contributed by atoms with van der Waals surface area (Å²) in [5.41, 5.74) is -1.60. The predicted octanol–water partition coefficient (Wildman–Crippen LogP) is 3.22. The lowest BCUT2D eigenvalue weighted by molar-refractivity contribution is -0.147. The molecule has 0 radical (unpaired) electrons. The van der Waals surface area contributed by atoms with Gasteiger partial charge in [0.15, 0.2) is 28.7 Å². The monoisotopic (exact) mass is 536 g/mol. The summed E-state index contributed by atoms with van der Waals surface area (Å²) in [5.74, 6) is -4.72. The second kappa shape index (κ2) is 9.16. The lowest BCUT2D eigenvalue weighted by Gasteiger charge is -2.46. The number of phenols is 1. The van der Waals surface area contributed by atoms with Gasteiger partial charge in [-0.2, -0.15) is 0 Å². The van der Waals surface area contributed by atoms with E-state index in [4.69, 9.17) is 14.2 Å². The van der Waals surface area contributed by atoms with Gasteiger partial charge in [-0.05, 0) is 55.0 Å². The maximum absolute atomic E-state index is 13.7. The van der Waals surface area contributed by atoms with Crippen LogP contribution in [0.1, 0.15) is 30.9 Å². The number of benzene rings is 2. The van der Waals surface area contributed by atoms with Crippen LogP contribution in [0.3, 0.4) is 0 Å². The number of hydrogen-bond acceptors (Lipinski definition) is 10. The van der Waals surface area contributed by atoms with E-state index in [9.17, 15) is 34.8 Å². The van der Waals surface area contributed by atoms with Gasteiger partial charge in [0.2, 0.25) is 11.5 Å². The van der Waals surface area contributed by atoms with Gasteiger partial charge in [-0.3, -0.25) is 14.4 Å². The quantitative estimate of drug-likeness (QED) is 0.418. The summed E-state index contributed by atoms with van der Waals surface area (Å²) in [4.78, 5) is 38.4. The normalized spacial score (nSPS) is 24.1. The first-order chi connectivity index (χ1) is 18.5. The zero-order valence-corrected chi connectivity index (χ0v) is 21.8. The third-order valence-corrected chi connectivity index (χ3v) is 8.05. The molecule has 2 aromatic carbocycles. The van der Waals surface area contributed by atoms with E-state index in [0.717, 1.165) is 6.92 Å². The third-order valence-electron chi connectivity index (χ3n) is 8.05. The van der Waals surface area contributed by atoms with E-state index in [1.54, 1.807) is 18.2 Å². The predicted molar refractivity (Wildman–Crippen MR) is 138 cm³/mol. The molecule has 2 aromatic rings. The Labute approximate surface area is 223 Å². The minimum Gasteiger partial charge on any atom is -0.508 e. The molecule has 0 bridgehead atoms. The van der Waals surface area contributed by atoms with Crippen molar-refractivity contribution in [3.63, 3.8) is 0 Å². The molecular formula is C29H28O10. The van der Waals surface area contributed by atoms with Crippen molar-refractivity contribution >= 4 is 23.1 Å². The largest absolute Gasteiger partial charge is 0.508 e. The summed E-state index contributed by atoms with van der Waals surface area (Å²) in [7, 11) is 4.44. The molecule has 3 aliphatic carbocycles. The maximum Gasteiger partial charge on any atom is 0.203 e. The Morgan fingerprint density at radius 3 is 2.21 bits per heavy atom. The highest BCUT2D eigenvalue weighted by atomic mass is 16.5. The van der Waals surface area contributed by atoms with Crippen molar-refractivity contribution in [2.45, 2.75) is 31.8 Å². The molecule has 1 saturated carbocycles. The van der Waals surface area contributed by atoms with Crippen molar-refractivity contribution in [1.29, 1.82) is 0 Å². The van der Waals surface area contributed by atoms with E-state index in [2.05, 4.69) is 0 Å². The molecule has 3 atom stereocenters. The zero-order chi connectivity index (χ0) is 28.4. The number of aliphatic hydroxyl groups is 3. The van der Waals surface area contributed by atoms with Crippen molar-refractivity contribution in [1.82, 2.24) is 0 Å². The van der Waals surface area contributed by atoms with Gasteiger partial charge in [0.05, 0.1) is 26.9 Å². The fourth-order valence-electron chi connectivity index (χ4n) is 6.30. The second-order valence-electron chi connectivity index (χ2n) is 9.97. The van der Waals surface area contributed by atoms with Gasteiger partial charge in [-0.1, -0.05) is 6.07 Å². The van der Waals surface area contributed by atoms with Gasteiger partial charge in [-0.15, -0.1) is 0 Å². The van der Waals surface area contributed by atoms with Gasteiger partial charge < -0.3 is 34.6 Å². The van der Waals surface area contributed by atoms with Crippen molar-refractivity contribution < 1.29 is 49.0 Å². The van der Waals surface area contributed by atoms with Crippen molar-refractivity contribution in [2.75, 3.05) is 21.3 Å². The molecule has 0 aliphatic heterocycles. The Morgan fingerprint density at radius 2 is 1.59 bits per heavy atom. The Hall–Kier alpha value is -4.31. The van der Waals surface area contributed by atoms with Crippen LogP contribution in [0.2, 0.25) is 0 Å². The molecule has 0 unspecified atom stereocenters. The van der Waals surface area contributed by atoms with Crippen LogP contribution in [0.5, 0.6) is 23.0 Å². The molecule has 0 amide bonds. The highest BCUT2D eigenvalue weighted by molar-refractivity contribution is 6.23. The molecule has 39 heavy (non-hydrogen) atoms. The van der Waals surface area contributed by atoms with E-state index in [1.165, 1.54) is 27.4 Å². The van der Waals surface area contributed by atoms with Gasteiger partial charge >= 0.3 is 0 Å². The van der Waals surface area contributed by atoms with E-state index in [0.29, 0.717) is 33.9 Å². The fourth-order valence-corrected chi connectivity index (χ4v) is 6.30. The second-order valence-corrected chi connectivity index (χ2v) is 9.97. The van der Waals surface area contributed by atoms with Crippen LogP contribution in [0.4, 0.5) is 0 Å². The molecule has 5 rings (SSSR count). The highest BCUT2D eigenvalue weighted by Crippen LogP contribution is 2.54. The third kappa shape index (κ3) is 3.55. The number of aliphatic hydroxyl groups excluding tert-OH is 2. The molecule has 1 fully saturated rings. The van der Waals surface area contributed by atoms with Crippen LogP contribution in [0, 0.1) is 11.8 Å². The lowest BCUT2D eigenvalue weighted by Crippen LogP contribution is -2.57. The molecule has 0 heterocycles. The van der Waals surface area contributed by atoms with E-state index < -0.39 is 51.9 Å². The van der Waals surface area contributed by atoms with Crippen molar-refractivity contribution in [3.8, 4) is 34.1 Å². The van der Waals surface area contributed by atoms with Crippen LogP contribution in [0.25, 0.3) is 16.9 Å². The summed E-state index contributed by atoms with van der Waals surface area (Å²) < 4.78 is 16.5. The molecule has 4 N–H and O–H groups in total. The molecule has 0 aromatic heterocycles. The topological polar surface area (TPSA) is 160 Å². The first-order valence-electron chi connectivity index (χ1n) is 12.3. The highest BCUT2D eigenvalue weighted by Gasteiger charge is 2.60. The summed E-state index contributed by atoms with van der Waals surface area (Å²) in [6.45, 7) is 1.07. The van der Waals surface area contributed by atoms with Crippen LogP contribution in [-0.2, 0) is 20.8 Å². The number of Topliss-reactive ketones (excluding diaryl/α,β-unsaturated/α-hetero) is 3. The van der Waals surface area contributed by atoms with Crippen LogP contribution >= 0.6 is 0 Å². The SMILES string of the molecule is COc1ccc(-c2ccc(O)c3c2C[C@@H]2C[C@@H]4CC(=O)C(C(C)=O)=C(O)[C@]4(O)C(=O)C2=C3O)c(OC)c1OC. The minimum atomic E-state index is -2.54. The van der Waals surface area contributed by atoms with E-state index in [-0.39, 0.29) is 36.1 Å². The van der Waals surface area contributed by atoms with Crippen LogP contribution < -0.4 is 14.2 Å². The summed E-state index contributed by atoms with van der Waals surface area (Å²) in [5, 5.41) is 44.4. The van der Waals surface area contributed by atoms with Gasteiger partial charge in [0, 0.05) is 23.5 Å². The number of phenolic OH excluding ortho intramolecular Hbond substituents is 1. The number of aromatic hydroxyl groups is 1. The Bertz CT molecular complexity index is 1510. The molecule has 10 heteroatoms. The number of fused-ring (bicyclic) bond motifs is 3. The van der Waals surface area contributed by atoms with Crippen LogP contribution in [-0.4, -0.2) is 64.7 Å².